The van der Waals surface area contributed by atoms with Gasteiger partial charge in [-0.2, -0.15) is 0 Å². The van der Waals surface area contributed by atoms with E-state index in [9.17, 15) is 4.79 Å². The summed E-state index contributed by atoms with van der Waals surface area (Å²) < 4.78 is 0. The number of amides is 1. The van der Waals surface area contributed by atoms with Crippen LogP contribution in [0.1, 0.15) is 25.7 Å². The van der Waals surface area contributed by atoms with E-state index in [4.69, 9.17) is 0 Å². The topological polar surface area (TPSA) is 49.0 Å². The van der Waals surface area contributed by atoms with Gasteiger partial charge in [-0.3, -0.25) is 15.2 Å². The molecule has 1 amide bonds. The fraction of sp³-hybridized carbons (Fsp3) is 0.316. The maximum absolute atomic E-state index is 12.4. The van der Waals surface area contributed by atoms with Crippen LogP contribution in [0.15, 0.2) is 60.7 Å². The molecule has 0 atom stereocenters. The average molecular weight is 310 g/mol. The third kappa shape index (κ3) is 4.33. The summed E-state index contributed by atoms with van der Waals surface area (Å²) in [6.45, 7) is 0.473. The van der Waals surface area contributed by atoms with Crippen molar-refractivity contribution in [3.8, 4) is 0 Å². The van der Waals surface area contributed by atoms with Crippen molar-refractivity contribution >= 4 is 17.3 Å². The number of quaternary nitrogens is 1. The zero-order chi connectivity index (χ0) is 15.9. The lowest BCUT2D eigenvalue weighted by atomic mass is 10.2. The molecule has 0 bridgehead atoms. The molecule has 0 radical (unpaired) electrons. The third-order valence-corrected chi connectivity index (χ3v) is 4.30. The summed E-state index contributed by atoms with van der Waals surface area (Å²) in [6, 6.07) is 20.4. The standard InChI is InChI=1S/C19H23N3O/c23-19(15-20-16-9-7-8-10-16)21-22(17-11-3-1-4-12-17)18-13-5-2-6-14-18/h1-6,11-14,16,20H,7-10,15H2,(H,21,23)/p+1. The first kappa shape index (κ1) is 15.6. The summed E-state index contributed by atoms with van der Waals surface area (Å²) in [4.78, 5) is 12.4. The Morgan fingerprint density at radius 2 is 1.48 bits per heavy atom. The molecule has 1 fully saturated rings. The van der Waals surface area contributed by atoms with Crippen molar-refractivity contribution in [2.75, 3.05) is 11.6 Å². The van der Waals surface area contributed by atoms with Gasteiger partial charge in [0.05, 0.1) is 17.4 Å². The highest BCUT2D eigenvalue weighted by molar-refractivity contribution is 5.81. The second kappa shape index (κ2) is 7.79. The summed E-state index contributed by atoms with van der Waals surface area (Å²) in [6.07, 6.45) is 5.05. The number of anilines is 2. The van der Waals surface area contributed by atoms with Crippen LogP contribution >= 0.6 is 0 Å². The summed E-state index contributed by atoms with van der Waals surface area (Å²) in [7, 11) is 0. The molecule has 3 N–H and O–H groups in total. The fourth-order valence-electron chi connectivity index (χ4n) is 3.07. The summed E-state index contributed by atoms with van der Waals surface area (Å²) in [5.74, 6) is 0.0320. The number of nitrogens with one attached hydrogen (secondary N) is 1. The Balaban J connectivity index is 1.67. The van der Waals surface area contributed by atoms with Gasteiger partial charge >= 0.3 is 0 Å². The van der Waals surface area contributed by atoms with Gasteiger partial charge in [-0.05, 0) is 49.9 Å². The molecular formula is C19H24N3O+. The van der Waals surface area contributed by atoms with Crippen molar-refractivity contribution < 1.29 is 10.1 Å². The van der Waals surface area contributed by atoms with Gasteiger partial charge < -0.3 is 5.32 Å². The minimum absolute atomic E-state index is 0.0320. The molecule has 0 spiro atoms. The largest absolute Gasteiger partial charge is 0.336 e. The molecule has 1 aliphatic carbocycles. The molecule has 0 aromatic heterocycles. The second-order valence-corrected chi connectivity index (χ2v) is 6.03. The summed E-state index contributed by atoms with van der Waals surface area (Å²) >= 11 is 0. The lowest BCUT2D eigenvalue weighted by molar-refractivity contribution is -0.677. The van der Waals surface area contributed by atoms with Crippen LogP contribution in [-0.4, -0.2) is 18.5 Å². The predicted octanol–water partition coefficient (Wildman–Crippen LogP) is 2.36. The van der Waals surface area contributed by atoms with Crippen LogP contribution < -0.4 is 15.8 Å². The van der Waals surface area contributed by atoms with Crippen molar-refractivity contribution in [3.05, 3.63) is 60.7 Å². The van der Waals surface area contributed by atoms with Crippen molar-refractivity contribution in [2.24, 2.45) is 0 Å². The second-order valence-electron chi connectivity index (χ2n) is 6.03. The van der Waals surface area contributed by atoms with Crippen LogP contribution in [0.3, 0.4) is 0 Å². The fourth-order valence-corrected chi connectivity index (χ4v) is 3.07. The number of benzene rings is 2. The molecule has 23 heavy (non-hydrogen) atoms. The zero-order valence-electron chi connectivity index (χ0n) is 13.3. The maximum Gasteiger partial charge on any atom is 0.293 e. The quantitative estimate of drug-likeness (QED) is 0.805. The minimum atomic E-state index is 0.0320. The van der Waals surface area contributed by atoms with Gasteiger partial charge in [0.1, 0.15) is 0 Å². The number of nitrogens with two attached hydrogens (primary N) is 1. The normalized spacial score (nSPS) is 14.6. The Hall–Kier alpha value is -2.33. The van der Waals surface area contributed by atoms with E-state index < -0.39 is 0 Å². The van der Waals surface area contributed by atoms with E-state index in [0.717, 1.165) is 11.4 Å². The highest BCUT2D eigenvalue weighted by Crippen LogP contribution is 2.22. The number of hydrogen-bond donors (Lipinski definition) is 2. The first-order valence-electron chi connectivity index (χ1n) is 8.36. The molecule has 1 saturated carbocycles. The van der Waals surface area contributed by atoms with E-state index in [0.29, 0.717) is 12.6 Å². The van der Waals surface area contributed by atoms with Crippen LogP contribution in [0.25, 0.3) is 0 Å². The first-order chi connectivity index (χ1) is 11.3. The summed E-state index contributed by atoms with van der Waals surface area (Å²) in [5.41, 5.74) is 4.94. The van der Waals surface area contributed by atoms with E-state index >= 15 is 0 Å². The molecule has 4 heteroatoms. The minimum Gasteiger partial charge on any atom is -0.336 e. The van der Waals surface area contributed by atoms with Crippen molar-refractivity contribution in [3.63, 3.8) is 0 Å². The monoisotopic (exact) mass is 310 g/mol. The van der Waals surface area contributed by atoms with Gasteiger partial charge in [-0.15, -0.1) is 0 Å². The van der Waals surface area contributed by atoms with Gasteiger partial charge in [0.15, 0.2) is 6.54 Å². The molecule has 0 unspecified atom stereocenters. The number of hydrogen-bond acceptors (Lipinski definition) is 2. The Bertz CT molecular complexity index is 570. The highest BCUT2D eigenvalue weighted by atomic mass is 16.2. The number of hydrazine groups is 1. The molecule has 1 aliphatic rings. The maximum atomic E-state index is 12.4. The van der Waals surface area contributed by atoms with Crippen molar-refractivity contribution in [1.29, 1.82) is 0 Å². The Morgan fingerprint density at radius 1 is 0.957 bits per heavy atom. The Morgan fingerprint density at radius 3 is 2.00 bits per heavy atom. The molecule has 0 saturated heterocycles. The molecule has 3 rings (SSSR count). The molecule has 0 heterocycles. The number of carbonyl (C=O) groups is 1. The molecule has 2 aromatic carbocycles. The van der Waals surface area contributed by atoms with E-state index in [1.807, 2.05) is 65.7 Å². The predicted molar refractivity (Wildman–Crippen MR) is 92.2 cm³/mol. The molecule has 120 valence electrons. The zero-order valence-corrected chi connectivity index (χ0v) is 13.3. The molecular weight excluding hydrogens is 286 g/mol. The molecule has 4 nitrogen and oxygen atoms in total. The SMILES string of the molecule is O=C(C[NH2+]C1CCCC1)NN(c1ccccc1)c1ccccc1. The number of carbonyl (C=O) groups excluding carboxylic acids is 1. The Labute approximate surface area is 137 Å². The van der Waals surface area contributed by atoms with Crippen molar-refractivity contribution in [2.45, 2.75) is 31.7 Å². The lowest BCUT2D eigenvalue weighted by Gasteiger charge is -2.25. The van der Waals surface area contributed by atoms with E-state index in [-0.39, 0.29) is 5.91 Å². The highest BCUT2D eigenvalue weighted by Gasteiger charge is 2.20. The number of rotatable bonds is 6. The third-order valence-electron chi connectivity index (χ3n) is 4.30. The molecule has 2 aromatic rings. The first-order valence-corrected chi connectivity index (χ1v) is 8.36. The van der Waals surface area contributed by atoms with Gasteiger partial charge in [0.25, 0.3) is 5.91 Å². The number of nitrogens with zero attached hydrogens (tertiary/aromatic N) is 1. The molecule has 0 aliphatic heterocycles. The lowest BCUT2D eigenvalue weighted by Crippen LogP contribution is -2.91. The van der Waals surface area contributed by atoms with Gasteiger partial charge in [0, 0.05) is 0 Å². The van der Waals surface area contributed by atoms with Gasteiger partial charge in [0.2, 0.25) is 0 Å². The van der Waals surface area contributed by atoms with Crippen LogP contribution in [0.4, 0.5) is 11.4 Å². The van der Waals surface area contributed by atoms with Crippen LogP contribution in [0.2, 0.25) is 0 Å². The smallest absolute Gasteiger partial charge is 0.293 e. The van der Waals surface area contributed by atoms with E-state index in [1.54, 1.807) is 0 Å². The summed E-state index contributed by atoms with van der Waals surface area (Å²) in [5, 5.41) is 4.03. The van der Waals surface area contributed by atoms with Crippen LogP contribution in [0.5, 0.6) is 0 Å². The van der Waals surface area contributed by atoms with Crippen LogP contribution in [0, 0.1) is 0 Å². The average Bonchev–Trinajstić information content (AvgIpc) is 3.13. The van der Waals surface area contributed by atoms with Crippen molar-refractivity contribution in [1.82, 2.24) is 5.43 Å². The van der Waals surface area contributed by atoms with Gasteiger partial charge in [-0.25, -0.2) is 0 Å². The number of para-hydroxylation sites is 2. The van der Waals surface area contributed by atoms with E-state index in [2.05, 4.69) is 10.7 Å². The van der Waals surface area contributed by atoms with E-state index in [1.165, 1.54) is 25.7 Å². The van der Waals surface area contributed by atoms with Crippen LogP contribution in [-0.2, 0) is 4.79 Å². The Kier molecular flexibility index (Phi) is 5.27. The van der Waals surface area contributed by atoms with Gasteiger partial charge in [-0.1, -0.05) is 36.4 Å².